The van der Waals surface area contributed by atoms with Crippen LogP contribution in [0.25, 0.3) is 0 Å². The lowest BCUT2D eigenvalue weighted by Gasteiger charge is -2.36. The third kappa shape index (κ3) is 2.78. The highest BCUT2D eigenvalue weighted by Gasteiger charge is 2.53. The number of piperidine rings is 1. The Morgan fingerprint density at radius 2 is 2.08 bits per heavy atom. The number of likely N-dealkylation sites (tertiary alicyclic amines) is 1. The maximum absolute atomic E-state index is 13.0. The van der Waals surface area contributed by atoms with E-state index in [-0.39, 0.29) is 34.3 Å². The van der Waals surface area contributed by atoms with Crippen LogP contribution in [0.2, 0.25) is 0 Å². The van der Waals surface area contributed by atoms with Gasteiger partial charge in [0.05, 0.1) is 22.7 Å². The molecule has 0 aliphatic carbocycles. The molecule has 2 unspecified atom stereocenters. The van der Waals surface area contributed by atoms with E-state index in [2.05, 4.69) is 12.0 Å². The number of nitrogens with zero attached hydrogens (tertiary/aromatic N) is 4. The van der Waals surface area contributed by atoms with Crippen LogP contribution in [-0.2, 0) is 9.59 Å². The largest absolute Gasteiger partial charge is 0.478 e. The van der Waals surface area contributed by atoms with E-state index in [9.17, 15) is 14.4 Å². The van der Waals surface area contributed by atoms with E-state index in [1.807, 2.05) is 4.90 Å². The molecule has 4 rings (SSSR count). The summed E-state index contributed by atoms with van der Waals surface area (Å²) in [5.74, 6) is -0.187. The summed E-state index contributed by atoms with van der Waals surface area (Å²) in [6.07, 6.45) is 5.71. The first kappa shape index (κ1) is 17.4. The second kappa shape index (κ2) is 6.29. The highest BCUT2D eigenvalue weighted by atomic mass is 32.2. The van der Waals surface area contributed by atoms with Crippen molar-refractivity contribution in [3.05, 3.63) is 18.0 Å². The van der Waals surface area contributed by atoms with Crippen molar-refractivity contribution >= 4 is 29.5 Å². The Hall–Kier alpha value is -2.03. The van der Waals surface area contributed by atoms with Gasteiger partial charge >= 0.3 is 5.97 Å². The topological polar surface area (TPSA) is 95.7 Å². The lowest BCUT2D eigenvalue weighted by atomic mass is 10.0. The van der Waals surface area contributed by atoms with Gasteiger partial charge in [-0.15, -0.1) is 11.8 Å². The Morgan fingerprint density at radius 3 is 2.73 bits per heavy atom. The average Bonchev–Trinajstić information content (AvgIpc) is 3.31. The number of amides is 2. The summed E-state index contributed by atoms with van der Waals surface area (Å²) in [6.45, 7) is 3.26. The third-order valence-corrected chi connectivity index (χ3v) is 7.23. The summed E-state index contributed by atoms with van der Waals surface area (Å²) in [6, 6.07) is -0.247. The number of rotatable bonds is 3. The minimum absolute atomic E-state index is 0.0432. The molecule has 3 saturated heterocycles. The van der Waals surface area contributed by atoms with Crippen LogP contribution >= 0.6 is 11.8 Å². The smallest absolute Gasteiger partial charge is 0.338 e. The van der Waals surface area contributed by atoms with Gasteiger partial charge in [-0.1, -0.05) is 0 Å². The van der Waals surface area contributed by atoms with Crippen molar-refractivity contribution in [1.82, 2.24) is 19.6 Å². The second-order valence-corrected chi connectivity index (χ2v) is 8.84. The molecule has 4 heterocycles. The molecule has 2 atom stereocenters. The standard InChI is InChI=1S/C17H22N4O4S/c1-17-5-2-14(22)21(17)13(10-26-17)15(23)19-6-3-12(4-7-19)20-9-11(8-18-20)16(24)25/h8-9,12-13H,2-7,10H2,1H3,(H,24,25). The van der Waals surface area contributed by atoms with Crippen molar-refractivity contribution in [3.8, 4) is 0 Å². The number of aromatic nitrogens is 2. The number of carbonyl (C=O) groups excluding carboxylic acids is 2. The number of carboxylic acids is 1. The van der Waals surface area contributed by atoms with Gasteiger partial charge in [0.15, 0.2) is 0 Å². The number of hydrogen-bond acceptors (Lipinski definition) is 5. The molecule has 0 saturated carbocycles. The van der Waals surface area contributed by atoms with Crippen LogP contribution in [0.5, 0.6) is 0 Å². The van der Waals surface area contributed by atoms with Gasteiger partial charge in [-0.05, 0) is 26.2 Å². The SMILES string of the molecule is CC12CCC(=O)N1C(C(=O)N1CCC(n3cc(C(=O)O)cn3)CC1)CS2. The molecular weight excluding hydrogens is 356 g/mol. The van der Waals surface area contributed by atoms with Crippen molar-refractivity contribution in [2.75, 3.05) is 18.8 Å². The highest BCUT2D eigenvalue weighted by molar-refractivity contribution is 8.01. The van der Waals surface area contributed by atoms with Crippen molar-refractivity contribution in [1.29, 1.82) is 0 Å². The van der Waals surface area contributed by atoms with Gasteiger partial charge in [-0.25, -0.2) is 4.79 Å². The van der Waals surface area contributed by atoms with Gasteiger partial charge in [0.2, 0.25) is 11.8 Å². The van der Waals surface area contributed by atoms with Crippen LogP contribution in [0.15, 0.2) is 12.4 Å². The van der Waals surface area contributed by atoms with Crippen LogP contribution in [0.3, 0.4) is 0 Å². The Bertz CT molecular complexity index is 758. The van der Waals surface area contributed by atoms with Gasteiger partial charge < -0.3 is 14.9 Å². The summed E-state index contributed by atoms with van der Waals surface area (Å²) in [5, 5.41) is 13.2. The van der Waals surface area contributed by atoms with E-state index < -0.39 is 5.97 Å². The molecule has 26 heavy (non-hydrogen) atoms. The Morgan fingerprint density at radius 1 is 1.35 bits per heavy atom. The molecule has 9 heteroatoms. The first-order chi connectivity index (χ1) is 12.4. The summed E-state index contributed by atoms with van der Waals surface area (Å²) < 4.78 is 1.69. The summed E-state index contributed by atoms with van der Waals surface area (Å²) in [4.78, 5) is 39.6. The van der Waals surface area contributed by atoms with Crippen LogP contribution in [-0.4, -0.2) is 72.2 Å². The number of hydrogen-bond donors (Lipinski definition) is 1. The van der Waals surface area contributed by atoms with Crippen molar-refractivity contribution in [2.24, 2.45) is 0 Å². The van der Waals surface area contributed by atoms with Crippen LogP contribution in [0.1, 0.15) is 49.0 Å². The van der Waals surface area contributed by atoms with E-state index in [0.29, 0.717) is 25.3 Å². The lowest BCUT2D eigenvalue weighted by Crippen LogP contribution is -2.53. The van der Waals surface area contributed by atoms with E-state index in [1.54, 1.807) is 27.5 Å². The van der Waals surface area contributed by atoms with Crippen LogP contribution in [0.4, 0.5) is 0 Å². The fraction of sp³-hybridized carbons (Fsp3) is 0.647. The predicted octanol–water partition coefficient (Wildman–Crippen LogP) is 1.20. The van der Waals surface area contributed by atoms with Crippen molar-refractivity contribution in [3.63, 3.8) is 0 Å². The maximum Gasteiger partial charge on any atom is 0.338 e. The molecule has 0 radical (unpaired) electrons. The van der Waals surface area contributed by atoms with Crippen LogP contribution < -0.4 is 0 Å². The Balaban J connectivity index is 1.39. The first-order valence-corrected chi connectivity index (χ1v) is 9.90. The molecule has 0 bridgehead atoms. The molecule has 3 fully saturated rings. The number of aromatic carboxylic acids is 1. The molecule has 1 N–H and O–H groups in total. The van der Waals surface area contributed by atoms with E-state index in [4.69, 9.17) is 5.11 Å². The molecule has 0 spiro atoms. The molecule has 8 nitrogen and oxygen atoms in total. The predicted molar refractivity (Wildman–Crippen MR) is 94.8 cm³/mol. The maximum atomic E-state index is 13.0. The molecule has 3 aliphatic rings. The molecule has 0 aromatic carbocycles. The molecule has 2 amide bonds. The van der Waals surface area contributed by atoms with E-state index in [1.165, 1.54) is 6.20 Å². The van der Waals surface area contributed by atoms with E-state index in [0.717, 1.165) is 19.3 Å². The molecule has 1 aromatic rings. The first-order valence-electron chi connectivity index (χ1n) is 8.91. The fourth-order valence-electron chi connectivity index (χ4n) is 4.21. The fourth-order valence-corrected chi connectivity index (χ4v) is 5.64. The summed E-state index contributed by atoms with van der Waals surface area (Å²) in [7, 11) is 0. The van der Waals surface area contributed by atoms with Gasteiger partial charge in [0.25, 0.3) is 0 Å². The average molecular weight is 378 g/mol. The van der Waals surface area contributed by atoms with Gasteiger partial charge in [0.1, 0.15) is 6.04 Å². The summed E-state index contributed by atoms with van der Waals surface area (Å²) in [5.41, 5.74) is 0.179. The highest BCUT2D eigenvalue weighted by Crippen LogP contribution is 2.47. The number of carboxylic acid groups (broad SMARTS) is 1. The number of carbonyl (C=O) groups is 3. The normalized spacial score (nSPS) is 29.3. The number of thioether (sulfide) groups is 1. The Labute approximate surface area is 155 Å². The zero-order chi connectivity index (χ0) is 18.5. The lowest BCUT2D eigenvalue weighted by molar-refractivity contribution is -0.144. The monoisotopic (exact) mass is 378 g/mol. The summed E-state index contributed by atoms with van der Waals surface area (Å²) >= 11 is 1.71. The molecular formula is C17H22N4O4S. The zero-order valence-electron chi connectivity index (χ0n) is 14.6. The van der Waals surface area contributed by atoms with Gasteiger partial charge in [-0.2, -0.15) is 5.10 Å². The second-order valence-electron chi connectivity index (χ2n) is 7.34. The number of fused-ring (bicyclic) bond motifs is 1. The molecule has 140 valence electrons. The third-order valence-electron chi connectivity index (χ3n) is 5.73. The zero-order valence-corrected chi connectivity index (χ0v) is 15.4. The molecule has 3 aliphatic heterocycles. The van der Waals surface area contributed by atoms with Gasteiger partial charge in [0, 0.05) is 31.5 Å². The van der Waals surface area contributed by atoms with Crippen LogP contribution in [0, 0.1) is 0 Å². The van der Waals surface area contributed by atoms with E-state index >= 15 is 0 Å². The van der Waals surface area contributed by atoms with Crippen molar-refractivity contribution < 1.29 is 19.5 Å². The Kier molecular flexibility index (Phi) is 4.21. The van der Waals surface area contributed by atoms with Crippen molar-refractivity contribution in [2.45, 2.75) is 49.6 Å². The quantitative estimate of drug-likeness (QED) is 0.849. The minimum Gasteiger partial charge on any atom is -0.478 e. The van der Waals surface area contributed by atoms with Gasteiger partial charge in [-0.3, -0.25) is 14.3 Å². The molecule has 1 aromatic heterocycles. The minimum atomic E-state index is -0.985.